The maximum absolute atomic E-state index is 12.0. The van der Waals surface area contributed by atoms with Crippen LogP contribution in [0, 0.1) is 10.1 Å². The van der Waals surface area contributed by atoms with Crippen LogP contribution >= 0.6 is 15.9 Å². The Hall–Kier alpha value is -2.01. The first-order chi connectivity index (χ1) is 9.06. The molecule has 2 aromatic rings. The molecular formula is C14H10BrNO3. The van der Waals surface area contributed by atoms with E-state index in [1.165, 1.54) is 24.3 Å². The van der Waals surface area contributed by atoms with Crippen LogP contribution in [0.15, 0.2) is 53.0 Å². The number of rotatable bonds is 4. The van der Waals surface area contributed by atoms with Crippen molar-refractivity contribution in [2.24, 2.45) is 0 Å². The molecule has 2 rings (SSSR count). The minimum absolute atomic E-state index is 0.0148. The molecule has 0 atom stereocenters. The third-order valence-electron chi connectivity index (χ3n) is 2.65. The van der Waals surface area contributed by atoms with Crippen LogP contribution in [0.5, 0.6) is 0 Å². The minimum Gasteiger partial charge on any atom is -0.294 e. The molecule has 0 bridgehead atoms. The average molecular weight is 320 g/mol. The Morgan fingerprint density at radius 3 is 2.42 bits per heavy atom. The third kappa shape index (κ3) is 3.48. The zero-order chi connectivity index (χ0) is 13.8. The van der Waals surface area contributed by atoms with E-state index in [1.807, 2.05) is 24.3 Å². The molecule has 0 saturated carbocycles. The largest absolute Gasteiger partial charge is 0.294 e. The van der Waals surface area contributed by atoms with Crippen LogP contribution in [0.4, 0.5) is 5.69 Å². The summed E-state index contributed by atoms with van der Waals surface area (Å²) in [5.41, 5.74) is 1.36. The molecule has 0 aliphatic rings. The maximum atomic E-state index is 12.0. The first kappa shape index (κ1) is 13.4. The van der Waals surface area contributed by atoms with E-state index < -0.39 is 4.92 Å². The summed E-state index contributed by atoms with van der Waals surface area (Å²) in [7, 11) is 0. The monoisotopic (exact) mass is 319 g/mol. The highest BCUT2D eigenvalue weighted by atomic mass is 79.9. The lowest BCUT2D eigenvalue weighted by molar-refractivity contribution is -0.384. The summed E-state index contributed by atoms with van der Waals surface area (Å²) in [5.74, 6) is -0.0620. The van der Waals surface area contributed by atoms with E-state index in [0.717, 1.165) is 10.0 Å². The predicted molar refractivity (Wildman–Crippen MR) is 75.3 cm³/mol. The molecule has 0 aliphatic heterocycles. The molecule has 2 aromatic carbocycles. The molecule has 4 nitrogen and oxygen atoms in total. The smallest absolute Gasteiger partial charge is 0.269 e. The highest BCUT2D eigenvalue weighted by Crippen LogP contribution is 2.16. The number of hydrogen-bond donors (Lipinski definition) is 0. The first-order valence-corrected chi connectivity index (χ1v) is 6.37. The summed E-state index contributed by atoms with van der Waals surface area (Å²) < 4.78 is 0.918. The Labute approximate surface area is 118 Å². The SMILES string of the molecule is O=C(Cc1cccc(Br)c1)c1ccc([N+](=O)[O-])cc1. The minimum atomic E-state index is -0.484. The van der Waals surface area contributed by atoms with Crippen molar-refractivity contribution in [1.29, 1.82) is 0 Å². The number of benzene rings is 2. The number of nitrogens with zero attached hydrogens (tertiary/aromatic N) is 1. The molecule has 0 saturated heterocycles. The molecule has 0 fully saturated rings. The van der Waals surface area contributed by atoms with Gasteiger partial charge in [0.25, 0.3) is 5.69 Å². The Morgan fingerprint density at radius 2 is 1.84 bits per heavy atom. The first-order valence-electron chi connectivity index (χ1n) is 5.58. The van der Waals surface area contributed by atoms with Gasteiger partial charge in [-0.2, -0.15) is 0 Å². The highest BCUT2D eigenvalue weighted by molar-refractivity contribution is 9.10. The lowest BCUT2D eigenvalue weighted by Crippen LogP contribution is -2.03. The van der Waals surface area contributed by atoms with Gasteiger partial charge in [-0.25, -0.2) is 0 Å². The van der Waals surface area contributed by atoms with E-state index in [9.17, 15) is 14.9 Å². The van der Waals surface area contributed by atoms with Gasteiger partial charge in [0.15, 0.2) is 5.78 Å². The molecule has 0 aromatic heterocycles. The number of nitro benzene ring substituents is 1. The fourth-order valence-corrected chi connectivity index (χ4v) is 2.15. The van der Waals surface area contributed by atoms with Crippen molar-refractivity contribution in [3.05, 3.63) is 74.2 Å². The summed E-state index contributed by atoms with van der Waals surface area (Å²) in [4.78, 5) is 22.1. The van der Waals surface area contributed by atoms with Crippen molar-refractivity contribution in [3.8, 4) is 0 Å². The molecule has 0 spiro atoms. The summed E-state index contributed by atoms with van der Waals surface area (Å²) in [5, 5.41) is 10.5. The second-order valence-electron chi connectivity index (χ2n) is 4.03. The maximum Gasteiger partial charge on any atom is 0.269 e. The van der Waals surface area contributed by atoms with Gasteiger partial charge in [-0.15, -0.1) is 0 Å². The van der Waals surface area contributed by atoms with E-state index in [-0.39, 0.29) is 17.9 Å². The third-order valence-corrected chi connectivity index (χ3v) is 3.15. The highest BCUT2D eigenvalue weighted by Gasteiger charge is 2.10. The van der Waals surface area contributed by atoms with Crippen molar-refractivity contribution in [3.63, 3.8) is 0 Å². The van der Waals surface area contributed by atoms with E-state index >= 15 is 0 Å². The van der Waals surface area contributed by atoms with Crippen molar-refractivity contribution in [2.75, 3.05) is 0 Å². The topological polar surface area (TPSA) is 60.2 Å². The molecule has 0 unspecified atom stereocenters. The Kier molecular flexibility index (Phi) is 4.06. The van der Waals surface area contributed by atoms with E-state index in [2.05, 4.69) is 15.9 Å². The molecular weight excluding hydrogens is 310 g/mol. The number of ketones is 1. The van der Waals surface area contributed by atoms with E-state index in [1.54, 1.807) is 0 Å². The summed E-state index contributed by atoms with van der Waals surface area (Å²) in [6.07, 6.45) is 0.275. The quantitative estimate of drug-likeness (QED) is 0.489. The molecule has 19 heavy (non-hydrogen) atoms. The fraction of sp³-hybridized carbons (Fsp3) is 0.0714. The van der Waals surface area contributed by atoms with Crippen molar-refractivity contribution < 1.29 is 9.72 Å². The summed E-state index contributed by atoms with van der Waals surface area (Å²) >= 11 is 3.35. The molecule has 5 heteroatoms. The Balaban J connectivity index is 2.14. The van der Waals surface area contributed by atoms with Gasteiger partial charge in [0, 0.05) is 28.6 Å². The van der Waals surface area contributed by atoms with Crippen LogP contribution in [0.2, 0.25) is 0 Å². The molecule has 0 amide bonds. The molecule has 0 aliphatic carbocycles. The van der Waals surface area contributed by atoms with Gasteiger partial charge in [0.2, 0.25) is 0 Å². The van der Waals surface area contributed by atoms with Crippen molar-refractivity contribution >= 4 is 27.4 Å². The lowest BCUT2D eigenvalue weighted by atomic mass is 10.0. The summed E-state index contributed by atoms with van der Waals surface area (Å²) in [6.45, 7) is 0. The van der Waals surface area contributed by atoms with Crippen molar-refractivity contribution in [2.45, 2.75) is 6.42 Å². The zero-order valence-electron chi connectivity index (χ0n) is 9.88. The molecule has 0 radical (unpaired) electrons. The average Bonchev–Trinajstić information content (AvgIpc) is 2.39. The second-order valence-corrected chi connectivity index (χ2v) is 4.95. The fourth-order valence-electron chi connectivity index (χ4n) is 1.70. The van der Waals surface area contributed by atoms with Crippen LogP contribution in [0.1, 0.15) is 15.9 Å². The van der Waals surface area contributed by atoms with Crippen LogP contribution in [-0.2, 0) is 6.42 Å². The number of carbonyl (C=O) groups is 1. The Bertz CT molecular complexity index is 623. The van der Waals surface area contributed by atoms with Crippen LogP contribution in [0.3, 0.4) is 0 Å². The number of hydrogen-bond acceptors (Lipinski definition) is 3. The predicted octanol–water partition coefficient (Wildman–Crippen LogP) is 3.78. The number of Topliss-reactive ketones (excluding diaryl/α,β-unsaturated/α-hetero) is 1. The van der Waals surface area contributed by atoms with Gasteiger partial charge in [-0.3, -0.25) is 14.9 Å². The van der Waals surface area contributed by atoms with Crippen molar-refractivity contribution in [1.82, 2.24) is 0 Å². The zero-order valence-corrected chi connectivity index (χ0v) is 11.5. The van der Waals surface area contributed by atoms with E-state index in [0.29, 0.717) is 5.56 Å². The molecule has 0 heterocycles. The van der Waals surface area contributed by atoms with Crippen LogP contribution < -0.4 is 0 Å². The normalized spacial score (nSPS) is 10.2. The van der Waals surface area contributed by atoms with Gasteiger partial charge in [0.1, 0.15) is 0 Å². The van der Waals surface area contributed by atoms with Gasteiger partial charge in [0.05, 0.1) is 4.92 Å². The number of non-ortho nitro benzene ring substituents is 1. The van der Waals surface area contributed by atoms with E-state index in [4.69, 9.17) is 0 Å². The van der Waals surface area contributed by atoms with Gasteiger partial charge < -0.3 is 0 Å². The number of nitro groups is 1. The van der Waals surface area contributed by atoms with Crippen LogP contribution in [0.25, 0.3) is 0 Å². The van der Waals surface area contributed by atoms with Gasteiger partial charge in [-0.05, 0) is 29.8 Å². The summed E-state index contributed by atoms with van der Waals surface area (Å²) in [6, 6.07) is 13.2. The second kappa shape index (κ2) is 5.75. The van der Waals surface area contributed by atoms with Gasteiger partial charge >= 0.3 is 0 Å². The standard InChI is InChI=1S/C14H10BrNO3/c15-12-3-1-2-10(8-12)9-14(17)11-4-6-13(7-5-11)16(18)19/h1-8H,9H2. The number of carbonyl (C=O) groups excluding carboxylic acids is 1. The van der Waals surface area contributed by atoms with Gasteiger partial charge in [-0.1, -0.05) is 28.1 Å². The molecule has 0 N–H and O–H groups in total. The van der Waals surface area contributed by atoms with Crippen LogP contribution in [-0.4, -0.2) is 10.7 Å². The number of halogens is 1. The Morgan fingerprint density at radius 1 is 1.16 bits per heavy atom. The molecule has 96 valence electrons. The lowest BCUT2D eigenvalue weighted by Gasteiger charge is -2.02.